The summed E-state index contributed by atoms with van der Waals surface area (Å²) in [5, 5.41) is 2.98. The van der Waals surface area contributed by atoms with Gasteiger partial charge in [-0.3, -0.25) is 9.69 Å². The lowest BCUT2D eigenvalue weighted by atomic mass is 10.1. The van der Waals surface area contributed by atoms with E-state index in [9.17, 15) is 4.79 Å². The van der Waals surface area contributed by atoms with Crippen LogP contribution in [-0.4, -0.2) is 53.9 Å². The number of hydrogen-bond donors (Lipinski definition) is 0. The van der Waals surface area contributed by atoms with Crippen LogP contribution >= 0.6 is 35.0 Å². The van der Waals surface area contributed by atoms with E-state index in [0.717, 1.165) is 65.4 Å². The van der Waals surface area contributed by atoms with Gasteiger partial charge in [0.25, 0.3) is 5.91 Å². The number of hydrogen-bond acceptors (Lipinski definition) is 5. The van der Waals surface area contributed by atoms with E-state index < -0.39 is 0 Å². The molecule has 2 saturated heterocycles. The minimum atomic E-state index is -0.0642. The highest BCUT2D eigenvalue weighted by Gasteiger charge is 2.31. The summed E-state index contributed by atoms with van der Waals surface area (Å²) < 4.78 is 7.69. The molecule has 0 saturated carbocycles. The third-order valence-electron chi connectivity index (χ3n) is 7.35. The lowest BCUT2D eigenvalue weighted by Gasteiger charge is -2.28. The Bertz CT molecular complexity index is 1660. The molecule has 0 aliphatic carbocycles. The summed E-state index contributed by atoms with van der Waals surface area (Å²) in [7, 11) is 1.77. The molecule has 2 aliphatic rings. The molecule has 0 unspecified atom stereocenters. The molecule has 0 radical (unpaired) electrons. The van der Waals surface area contributed by atoms with Gasteiger partial charge in [-0.1, -0.05) is 47.5 Å². The van der Waals surface area contributed by atoms with Gasteiger partial charge in [0.15, 0.2) is 5.17 Å². The highest BCUT2D eigenvalue weighted by molar-refractivity contribution is 8.18. The van der Waals surface area contributed by atoms with Crippen LogP contribution in [-0.2, 0) is 16.1 Å². The van der Waals surface area contributed by atoms with Gasteiger partial charge >= 0.3 is 0 Å². The van der Waals surface area contributed by atoms with Crippen molar-refractivity contribution >= 4 is 74.4 Å². The normalized spacial score (nSPS) is 18.1. The molecule has 6 rings (SSSR count). The predicted octanol–water partition coefficient (Wildman–Crippen LogP) is 7.38. The fraction of sp³-hybridized carbons (Fsp3) is 0.226. The number of benzene rings is 3. The van der Waals surface area contributed by atoms with Gasteiger partial charge in [0.1, 0.15) is 0 Å². The highest BCUT2D eigenvalue weighted by Crippen LogP contribution is 2.37. The Labute approximate surface area is 247 Å². The van der Waals surface area contributed by atoms with Crippen LogP contribution in [0.4, 0.5) is 11.4 Å². The SMILES string of the molecule is Cc1c(/C=C2\SC(=Nc3ccc(N4CCOCC4)cc3)N(C)C2=O)c2ccccc2n1Cc1ccc(Cl)cc1Cl. The van der Waals surface area contributed by atoms with E-state index in [-0.39, 0.29) is 5.91 Å². The Morgan fingerprint density at radius 3 is 2.52 bits per heavy atom. The molecule has 0 N–H and O–H groups in total. The van der Waals surface area contributed by atoms with Crippen molar-refractivity contribution in [2.24, 2.45) is 4.99 Å². The molecule has 0 spiro atoms. The minimum Gasteiger partial charge on any atom is -0.378 e. The molecule has 0 bridgehead atoms. The van der Waals surface area contributed by atoms with Gasteiger partial charge in [0, 0.05) is 64.6 Å². The van der Waals surface area contributed by atoms with Crippen molar-refractivity contribution in [2.45, 2.75) is 13.5 Å². The summed E-state index contributed by atoms with van der Waals surface area (Å²) >= 11 is 14.0. The lowest BCUT2D eigenvalue weighted by Crippen LogP contribution is -2.36. The molecule has 9 heteroatoms. The summed E-state index contributed by atoms with van der Waals surface area (Å²) in [6.07, 6.45) is 1.99. The Balaban J connectivity index is 1.30. The van der Waals surface area contributed by atoms with Crippen LogP contribution in [0, 0.1) is 6.92 Å². The molecular weight excluding hydrogens is 563 g/mol. The van der Waals surface area contributed by atoms with Crippen LogP contribution in [0.2, 0.25) is 10.0 Å². The molecule has 2 fully saturated rings. The smallest absolute Gasteiger partial charge is 0.266 e. The number of halogens is 2. The van der Waals surface area contributed by atoms with Gasteiger partial charge < -0.3 is 14.2 Å². The van der Waals surface area contributed by atoms with E-state index in [1.807, 2.05) is 42.5 Å². The molecule has 0 atom stereocenters. The van der Waals surface area contributed by atoms with E-state index in [4.69, 9.17) is 32.9 Å². The number of rotatable bonds is 5. The van der Waals surface area contributed by atoms with Crippen LogP contribution in [0.25, 0.3) is 17.0 Å². The summed E-state index contributed by atoms with van der Waals surface area (Å²) in [6.45, 7) is 5.94. The number of para-hydroxylation sites is 1. The maximum Gasteiger partial charge on any atom is 0.266 e. The van der Waals surface area contributed by atoms with Crippen LogP contribution in [0.15, 0.2) is 76.6 Å². The number of anilines is 1. The van der Waals surface area contributed by atoms with E-state index in [1.165, 1.54) is 11.8 Å². The number of carbonyl (C=O) groups excluding carboxylic acids is 1. The van der Waals surface area contributed by atoms with Crippen LogP contribution in [0.5, 0.6) is 0 Å². The zero-order valence-electron chi connectivity index (χ0n) is 22.2. The number of aromatic nitrogens is 1. The summed E-state index contributed by atoms with van der Waals surface area (Å²) in [5.74, 6) is -0.0642. The summed E-state index contributed by atoms with van der Waals surface area (Å²) in [5.41, 5.74) is 6.10. The maximum atomic E-state index is 13.3. The second kappa shape index (κ2) is 11.3. The van der Waals surface area contributed by atoms with Crippen molar-refractivity contribution in [3.63, 3.8) is 0 Å². The first kappa shape index (κ1) is 27.0. The monoisotopic (exact) mass is 590 g/mol. The molecule has 4 aromatic rings. The Morgan fingerprint density at radius 2 is 1.77 bits per heavy atom. The maximum absolute atomic E-state index is 13.3. The molecule has 40 heavy (non-hydrogen) atoms. The van der Waals surface area contributed by atoms with Gasteiger partial charge in [-0.15, -0.1) is 0 Å². The first-order valence-electron chi connectivity index (χ1n) is 13.1. The fourth-order valence-corrected chi connectivity index (χ4v) is 6.55. The van der Waals surface area contributed by atoms with Gasteiger partial charge in [-0.25, -0.2) is 4.99 Å². The number of carbonyl (C=O) groups is 1. The van der Waals surface area contributed by atoms with Crippen molar-refractivity contribution in [3.8, 4) is 0 Å². The summed E-state index contributed by atoms with van der Waals surface area (Å²) in [6, 6.07) is 22.0. The van der Waals surface area contributed by atoms with Crippen molar-refractivity contribution < 1.29 is 9.53 Å². The van der Waals surface area contributed by atoms with Crippen LogP contribution in [0.3, 0.4) is 0 Å². The number of thioether (sulfide) groups is 1. The topological polar surface area (TPSA) is 50.1 Å². The number of amidine groups is 1. The van der Waals surface area contributed by atoms with E-state index in [2.05, 4.69) is 40.7 Å². The molecule has 1 amide bonds. The average Bonchev–Trinajstić information content (AvgIpc) is 3.38. The summed E-state index contributed by atoms with van der Waals surface area (Å²) in [4.78, 5) is 22.7. The second-order valence-electron chi connectivity index (χ2n) is 9.82. The van der Waals surface area contributed by atoms with Gasteiger partial charge in [-0.05, 0) is 72.8 Å². The zero-order chi connectivity index (χ0) is 27.8. The van der Waals surface area contributed by atoms with Crippen LogP contribution < -0.4 is 4.90 Å². The van der Waals surface area contributed by atoms with E-state index in [1.54, 1.807) is 18.0 Å². The van der Waals surface area contributed by atoms with Crippen molar-refractivity contribution in [3.05, 3.63) is 98.5 Å². The number of fused-ring (bicyclic) bond motifs is 1. The number of morpholine rings is 1. The number of aliphatic imine (C=N–C) groups is 1. The minimum absolute atomic E-state index is 0.0642. The molecule has 3 heterocycles. The quantitative estimate of drug-likeness (QED) is 0.228. The molecular formula is C31H28Cl2N4O2S. The molecule has 3 aromatic carbocycles. The van der Waals surface area contributed by atoms with Crippen molar-refractivity contribution in [1.29, 1.82) is 0 Å². The molecule has 6 nitrogen and oxygen atoms in total. The van der Waals surface area contributed by atoms with Gasteiger partial charge in [0.05, 0.1) is 23.8 Å². The van der Waals surface area contributed by atoms with E-state index >= 15 is 0 Å². The molecule has 2 aliphatic heterocycles. The Kier molecular flexibility index (Phi) is 7.64. The molecule has 204 valence electrons. The number of likely N-dealkylation sites (N-methyl/N-ethyl adjacent to an activating group) is 1. The molecule has 1 aromatic heterocycles. The standard InChI is InChI=1S/C31H28Cl2N4O2S/c1-20-26(25-5-3-4-6-28(25)37(20)19-21-7-8-22(32)17-27(21)33)18-29-30(38)35(2)31(40-29)34-23-9-11-24(12-10-23)36-13-15-39-16-14-36/h3-12,17-18H,13-16,19H2,1-2H3/b29-18-,34-31?. The Morgan fingerprint density at radius 1 is 1.02 bits per heavy atom. The third-order valence-corrected chi connectivity index (χ3v) is 9.00. The average molecular weight is 592 g/mol. The fourth-order valence-electron chi connectivity index (χ4n) is 5.12. The van der Waals surface area contributed by atoms with Gasteiger partial charge in [-0.2, -0.15) is 0 Å². The van der Waals surface area contributed by atoms with E-state index in [0.29, 0.717) is 26.7 Å². The first-order valence-corrected chi connectivity index (χ1v) is 14.7. The Hall–Kier alpha value is -3.23. The van der Waals surface area contributed by atoms with Gasteiger partial charge in [0.2, 0.25) is 0 Å². The highest BCUT2D eigenvalue weighted by atomic mass is 35.5. The second-order valence-corrected chi connectivity index (χ2v) is 11.7. The number of amides is 1. The van der Waals surface area contributed by atoms with Crippen LogP contribution in [0.1, 0.15) is 16.8 Å². The van der Waals surface area contributed by atoms with Crippen molar-refractivity contribution in [1.82, 2.24) is 9.47 Å². The number of ether oxygens (including phenoxy) is 1. The largest absolute Gasteiger partial charge is 0.378 e. The predicted molar refractivity (Wildman–Crippen MR) is 167 cm³/mol. The zero-order valence-corrected chi connectivity index (χ0v) is 24.6. The number of nitrogens with zero attached hydrogens (tertiary/aromatic N) is 4. The first-order chi connectivity index (χ1) is 19.4. The van der Waals surface area contributed by atoms with Crippen molar-refractivity contribution in [2.75, 3.05) is 38.3 Å². The third kappa shape index (κ3) is 5.27. The lowest BCUT2D eigenvalue weighted by molar-refractivity contribution is -0.121.